The van der Waals surface area contributed by atoms with Gasteiger partial charge in [0.05, 0.1) is 30.4 Å². The van der Waals surface area contributed by atoms with Crippen molar-refractivity contribution in [1.29, 1.82) is 0 Å². The monoisotopic (exact) mass is 408 g/mol. The summed E-state index contributed by atoms with van der Waals surface area (Å²) in [5.74, 6) is 0.0445. The average Bonchev–Trinajstić information content (AvgIpc) is 3.21. The van der Waals surface area contributed by atoms with Crippen LogP contribution < -0.4 is 5.32 Å². The summed E-state index contributed by atoms with van der Waals surface area (Å²) in [6, 6.07) is 9.73. The fourth-order valence-corrected chi connectivity index (χ4v) is 3.90. The quantitative estimate of drug-likeness (QED) is 0.558. The molecule has 1 unspecified atom stereocenters. The summed E-state index contributed by atoms with van der Waals surface area (Å²) in [5, 5.41) is 14.8. The standard InChI is InChI=1S/C23H28N4O3/c1-16(25-15-21(28)17-4-3-7-24-13-17)12-18-14-26-22-19(18)5-2-6-20(22)23(29)27-8-10-30-11-9-27/h2-7,13-14,16,21,25-26,28H,8-12,15H2,1H3/t16-,21?/m1/s1. The molecule has 158 valence electrons. The number of aliphatic hydroxyl groups excluding tert-OH is 1. The molecule has 2 atom stereocenters. The van der Waals surface area contributed by atoms with Crippen molar-refractivity contribution in [2.24, 2.45) is 0 Å². The van der Waals surface area contributed by atoms with Gasteiger partial charge in [0.25, 0.3) is 5.91 Å². The van der Waals surface area contributed by atoms with E-state index < -0.39 is 6.10 Å². The zero-order valence-electron chi connectivity index (χ0n) is 17.2. The number of fused-ring (bicyclic) bond motifs is 1. The smallest absolute Gasteiger partial charge is 0.256 e. The van der Waals surface area contributed by atoms with Gasteiger partial charge in [0.2, 0.25) is 0 Å². The molecule has 0 bridgehead atoms. The molecule has 4 rings (SSSR count). The third-order valence-electron chi connectivity index (χ3n) is 5.58. The number of carbonyl (C=O) groups excluding carboxylic acids is 1. The maximum Gasteiger partial charge on any atom is 0.256 e. The Morgan fingerprint density at radius 3 is 2.90 bits per heavy atom. The van der Waals surface area contributed by atoms with Gasteiger partial charge >= 0.3 is 0 Å². The lowest BCUT2D eigenvalue weighted by molar-refractivity contribution is 0.0304. The number of H-pyrrole nitrogens is 1. The highest BCUT2D eigenvalue weighted by atomic mass is 16.5. The Morgan fingerprint density at radius 1 is 1.30 bits per heavy atom. The van der Waals surface area contributed by atoms with Crippen molar-refractivity contribution in [3.63, 3.8) is 0 Å². The second-order valence-electron chi connectivity index (χ2n) is 7.76. The third-order valence-corrected chi connectivity index (χ3v) is 5.58. The number of benzene rings is 1. The first-order valence-electron chi connectivity index (χ1n) is 10.4. The van der Waals surface area contributed by atoms with E-state index in [-0.39, 0.29) is 11.9 Å². The maximum atomic E-state index is 13.0. The largest absolute Gasteiger partial charge is 0.387 e. The number of hydrogen-bond acceptors (Lipinski definition) is 5. The van der Waals surface area contributed by atoms with Crippen molar-refractivity contribution in [3.8, 4) is 0 Å². The second kappa shape index (κ2) is 9.38. The molecule has 1 saturated heterocycles. The van der Waals surface area contributed by atoms with Gasteiger partial charge in [-0.25, -0.2) is 0 Å². The van der Waals surface area contributed by atoms with E-state index >= 15 is 0 Å². The Morgan fingerprint density at radius 2 is 2.13 bits per heavy atom. The van der Waals surface area contributed by atoms with Crippen LogP contribution in [0.2, 0.25) is 0 Å². The minimum absolute atomic E-state index is 0.0445. The van der Waals surface area contributed by atoms with Gasteiger partial charge in [-0.2, -0.15) is 0 Å². The van der Waals surface area contributed by atoms with Crippen LogP contribution in [0.25, 0.3) is 10.9 Å². The maximum absolute atomic E-state index is 13.0. The van der Waals surface area contributed by atoms with E-state index in [0.29, 0.717) is 38.4 Å². The topological polar surface area (TPSA) is 90.5 Å². The zero-order valence-corrected chi connectivity index (χ0v) is 17.2. The number of aliphatic hydroxyl groups is 1. The highest BCUT2D eigenvalue weighted by Gasteiger charge is 2.21. The number of morpholine rings is 1. The van der Waals surface area contributed by atoms with E-state index in [1.165, 1.54) is 0 Å². The van der Waals surface area contributed by atoms with E-state index in [4.69, 9.17) is 4.74 Å². The molecule has 0 spiro atoms. The normalized spacial score (nSPS) is 16.5. The number of nitrogens with one attached hydrogen (secondary N) is 2. The lowest BCUT2D eigenvalue weighted by atomic mass is 10.0. The van der Waals surface area contributed by atoms with Gasteiger partial charge in [-0.3, -0.25) is 9.78 Å². The van der Waals surface area contributed by atoms with Crippen LogP contribution in [0.4, 0.5) is 0 Å². The molecule has 7 heteroatoms. The molecule has 3 aromatic rings. The Kier molecular flexibility index (Phi) is 6.42. The molecule has 1 amide bonds. The van der Waals surface area contributed by atoms with E-state index in [0.717, 1.165) is 28.5 Å². The first-order valence-corrected chi connectivity index (χ1v) is 10.4. The van der Waals surface area contributed by atoms with Crippen molar-refractivity contribution < 1.29 is 14.6 Å². The van der Waals surface area contributed by atoms with Crippen LogP contribution >= 0.6 is 0 Å². The molecule has 7 nitrogen and oxygen atoms in total. The highest BCUT2D eigenvalue weighted by molar-refractivity contribution is 6.06. The zero-order chi connectivity index (χ0) is 20.9. The third kappa shape index (κ3) is 4.53. The molecule has 1 aliphatic heterocycles. The summed E-state index contributed by atoms with van der Waals surface area (Å²) < 4.78 is 5.36. The molecule has 0 saturated carbocycles. The molecule has 2 aromatic heterocycles. The summed E-state index contributed by atoms with van der Waals surface area (Å²) in [6.07, 6.45) is 5.55. The lowest BCUT2D eigenvalue weighted by Crippen LogP contribution is -2.40. The molecule has 30 heavy (non-hydrogen) atoms. The van der Waals surface area contributed by atoms with Gasteiger partial charge in [-0.1, -0.05) is 18.2 Å². The van der Waals surface area contributed by atoms with Crippen LogP contribution in [0, 0.1) is 0 Å². The summed E-state index contributed by atoms with van der Waals surface area (Å²) >= 11 is 0. The second-order valence-corrected chi connectivity index (χ2v) is 7.76. The Balaban J connectivity index is 1.43. The van der Waals surface area contributed by atoms with Crippen LogP contribution in [-0.4, -0.2) is 64.8 Å². The van der Waals surface area contributed by atoms with Crippen LogP contribution in [0.15, 0.2) is 48.9 Å². The Hall–Kier alpha value is -2.74. The SMILES string of the molecule is C[C@H](Cc1c[nH]c2c(C(=O)N3CCOCC3)cccc12)NCC(O)c1cccnc1. The molecule has 1 aromatic carbocycles. The van der Waals surface area contributed by atoms with E-state index in [1.54, 1.807) is 12.4 Å². The van der Waals surface area contributed by atoms with Gasteiger partial charge in [-0.05, 0) is 31.0 Å². The minimum Gasteiger partial charge on any atom is -0.387 e. The van der Waals surface area contributed by atoms with Crippen molar-refractivity contribution in [3.05, 3.63) is 65.6 Å². The van der Waals surface area contributed by atoms with Crippen LogP contribution in [-0.2, 0) is 11.2 Å². The molecule has 3 heterocycles. The van der Waals surface area contributed by atoms with Gasteiger partial charge in [0.15, 0.2) is 0 Å². The molecule has 0 radical (unpaired) electrons. The summed E-state index contributed by atoms with van der Waals surface area (Å²) in [7, 11) is 0. The lowest BCUT2D eigenvalue weighted by Gasteiger charge is -2.27. The first kappa shape index (κ1) is 20.5. The van der Waals surface area contributed by atoms with Crippen molar-refractivity contribution in [2.75, 3.05) is 32.8 Å². The van der Waals surface area contributed by atoms with Gasteiger partial charge in [-0.15, -0.1) is 0 Å². The van der Waals surface area contributed by atoms with Crippen LogP contribution in [0.3, 0.4) is 0 Å². The number of hydrogen-bond donors (Lipinski definition) is 3. The Labute approximate surface area is 176 Å². The number of carbonyl (C=O) groups is 1. The van der Waals surface area contributed by atoms with E-state index in [2.05, 4.69) is 28.3 Å². The number of aromatic nitrogens is 2. The molecular weight excluding hydrogens is 380 g/mol. The number of rotatable bonds is 7. The van der Waals surface area contributed by atoms with Crippen molar-refractivity contribution >= 4 is 16.8 Å². The minimum atomic E-state index is -0.595. The van der Waals surface area contributed by atoms with Crippen molar-refractivity contribution in [2.45, 2.75) is 25.5 Å². The number of para-hydroxylation sites is 1. The van der Waals surface area contributed by atoms with Gasteiger partial charge in [0, 0.05) is 55.2 Å². The van der Waals surface area contributed by atoms with Gasteiger partial charge < -0.3 is 25.0 Å². The highest BCUT2D eigenvalue weighted by Crippen LogP contribution is 2.24. The predicted octanol–water partition coefficient (Wildman–Crippen LogP) is 2.29. The van der Waals surface area contributed by atoms with E-state index in [9.17, 15) is 9.90 Å². The fraction of sp³-hybridized carbons (Fsp3) is 0.391. The number of amides is 1. The molecule has 0 aliphatic carbocycles. The number of aromatic amines is 1. The average molecular weight is 409 g/mol. The van der Waals surface area contributed by atoms with E-state index in [1.807, 2.05) is 35.4 Å². The number of ether oxygens (including phenoxy) is 1. The fourth-order valence-electron chi connectivity index (χ4n) is 3.90. The summed E-state index contributed by atoms with van der Waals surface area (Å²) in [6.45, 7) is 4.98. The summed E-state index contributed by atoms with van der Waals surface area (Å²) in [4.78, 5) is 22.2. The van der Waals surface area contributed by atoms with Crippen molar-refractivity contribution in [1.82, 2.24) is 20.2 Å². The predicted molar refractivity (Wildman–Crippen MR) is 115 cm³/mol. The number of nitrogens with zero attached hydrogens (tertiary/aromatic N) is 2. The Bertz CT molecular complexity index is 983. The van der Waals surface area contributed by atoms with Gasteiger partial charge in [0.1, 0.15) is 0 Å². The first-order chi connectivity index (χ1) is 14.6. The summed E-state index contributed by atoms with van der Waals surface area (Å²) in [5.41, 5.74) is 3.54. The molecule has 3 N–H and O–H groups in total. The number of pyridine rings is 1. The molecular formula is C23H28N4O3. The van der Waals surface area contributed by atoms with Crippen LogP contribution in [0.1, 0.15) is 34.5 Å². The molecule has 1 aliphatic rings. The molecule has 1 fully saturated rings. The van der Waals surface area contributed by atoms with Crippen LogP contribution in [0.5, 0.6) is 0 Å².